The third kappa shape index (κ3) is 3.11. The van der Waals surface area contributed by atoms with Crippen LogP contribution in [0.15, 0.2) is 24.4 Å². The van der Waals surface area contributed by atoms with Crippen molar-refractivity contribution >= 4 is 28.5 Å². The monoisotopic (exact) mass is 350 g/mol. The van der Waals surface area contributed by atoms with Crippen LogP contribution < -0.4 is 10.2 Å². The van der Waals surface area contributed by atoms with Gasteiger partial charge in [0.25, 0.3) is 0 Å². The lowest BCUT2D eigenvalue weighted by Crippen LogP contribution is -2.34. The quantitative estimate of drug-likeness (QED) is 0.775. The van der Waals surface area contributed by atoms with Gasteiger partial charge in [-0.3, -0.25) is 4.68 Å². The molecule has 26 heavy (non-hydrogen) atoms. The van der Waals surface area contributed by atoms with Crippen molar-refractivity contribution in [1.82, 2.24) is 19.7 Å². The number of nitrogens with zero attached hydrogens (tertiary/aromatic N) is 5. The van der Waals surface area contributed by atoms with Gasteiger partial charge >= 0.3 is 0 Å². The number of hydrogen-bond donors (Lipinski definition) is 1. The Hall–Kier alpha value is -2.63. The minimum atomic E-state index is 0.778. The van der Waals surface area contributed by atoms with E-state index < -0.39 is 0 Å². The van der Waals surface area contributed by atoms with Gasteiger partial charge in [-0.2, -0.15) is 15.1 Å². The van der Waals surface area contributed by atoms with Crippen molar-refractivity contribution in [3.63, 3.8) is 0 Å². The molecular formula is C20H26N6. The van der Waals surface area contributed by atoms with Crippen LogP contribution >= 0.6 is 0 Å². The molecule has 3 heterocycles. The Morgan fingerprint density at radius 1 is 1.08 bits per heavy atom. The first-order valence-electron chi connectivity index (χ1n) is 9.30. The molecule has 1 N–H and O–H groups in total. The predicted molar refractivity (Wildman–Crippen MR) is 106 cm³/mol. The van der Waals surface area contributed by atoms with E-state index in [-0.39, 0.29) is 0 Å². The molecule has 3 aromatic rings. The number of nitrogens with one attached hydrogen (secondary N) is 1. The molecule has 0 aliphatic carbocycles. The lowest BCUT2D eigenvalue weighted by atomic mass is 10.00. The SMILES string of the molecule is Cc1ccc(Nc2nc(N3CCC(C)CC3)nc3c2cnn3C)cc1C. The summed E-state index contributed by atoms with van der Waals surface area (Å²) in [5.74, 6) is 2.39. The van der Waals surface area contributed by atoms with E-state index in [1.54, 1.807) is 0 Å². The summed E-state index contributed by atoms with van der Waals surface area (Å²) in [5, 5.41) is 8.81. The minimum Gasteiger partial charge on any atom is -0.341 e. The highest BCUT2D eigenvalue weighted by Gasteiger charge is 2.21. The van der Waals surface area contributed by atoms with Crippen LogP contribution in [0.25, 0.3) is 11.0 Å². The van der Waals surface area contributed by atoms with E-state index in [2.05, 4.69) is 54.3 Å². The number of anilines is 3. The Kier molecular flexibility index (Phi) is 4.26. The van der Waals surface area contributed by atoms with Gasteiger partial charge in [0, 0.05) is 25.8 Å². The summed E-state index contributed by atoms with van der Waals surface area (Å²) in [6.07, 6.45) is 4.21. The lowest BCUT2D eigenvalue weighted by molar-refractivity contribution is 0.434. The third-order valence-electron chi connectivity index (χ3n) is 5.42. The molecule has 0 bridgehead atoms. The largest absolute Gasteiger partial charge is 0.341 e. The molecule has 6 heteroatoms. The van der Waals surface area contributed by atoms with Crippen LogP contribution in [0.4, 0.5) is 17.5 Å². The van der Waals surface area contributed by atoms with Gasteiger partial charge in [0.2, 0.25) is 5.95 Å². The minimum absolute atomic E-state index is 0.778. The smallest absolute Gasteiger partial charge is 0.229 e. The predicted octanol–water partition coefficient (Wildman–Crippen LogP) is 3.96. The van der Waals surface area contributed by atoms with Crippen molar-refractivity contribution in [3.8, 4) is 0 Å². The Balaban J connectivity index is 1.73. The van der Waals surface area contributed by atoms with E-state index in [1.807, 2.05) is 17.9 Å². The van der Waals surface area contributed by atoms with E-state index in [0.717, 1.165) is 47.5 Å². The molecular weight excluding hydrogens is 324 g/mol. The van der Waals surface area contributed by atoms with Gasteiger partial charge in [0.1, 0.15) is 5.82 Å². The van der Waals surface area contributed by atoms with Crippen molar-refractivity contribution in [2.45, 2.75) is 33.6 Å². The fourth-order valence-electron chi connectivity index (χ4n) is 3.41. The zero-order valence-electron chi connectivity index (χ0n) is 16.0. The lowest BCUT2D eigenvalue weighted by Gasteiger charge is -2.30. The van der Waals surface area contributed by atoms with Crippen LogP contribution in [-0.4, -0.2) is 32.8 Å². The maximum Gasteiger partial charge on any atom is 0.229 e. The number of hydrogen-bond acceptors (Lipinski definition) is 5. The van der Waals surface area contributed by atoms with Crippen molar-refractivity contribution in [2.75, 3.05) is 23.3 Å². The molecule has 1 aromatic carbocycles. The van der Waals surface area contributed by atoms with Crippen LogP contribution in [0.1, 0.15) is 30.9 Å². The van der Waals surface area contributed by atoms with Crippen LogP contribution in [0.5, 0.6) is 0 Å². The molecule has 0 unspecified atom stereocenters. The van der Waals surface area contributed by atoms with Crippen LogP contribution in [-0.2, 0) is 7.05 Å². The molecule has 2 aromatic heterocycles. The average molecular weight is 350 g/mol. The molecule has 1 aliphatic rings. The van der Waals surface area contributed by atoms with Crippen LogP contribution in [0.2, 0.25) is 0 Å². The van der Waals surface area contributed by atoms with E-state index in [9.17, 15) is 0 Å². The summed E-state index contributed by atoms with van der Waals surface area (Å²) in [7, 11) is 1.93. The first-order valence-corrected chi connectivity index (χ1v) is 9.30. The molecule has 0 radical (unpaired) electrons. The second-order valence-corrected chi connectivity index (χ2v) is 7.47. The van der Waals surface area contributed by atoms with Gasteiger partial charge in [-0.05, 0) is 55.9 Å². The molecule has 6 nitrogen and oxygen atoms in total. The van der Waals surface area contributed by atoms with E-state index >= 15 is 0 Å². The first kappa shape index (κ1) is 16.8. The second-order valence-electron chi connectivity index (χ2n) is 7.47. The zero-order chi connectivity index (χ0) is 18.3. The van der Waals surface area contributed by atoms with Crippen LogP contribution in [0, 0.1) is 19.8 Å². The number of rotatable bonds is 3. The van der Waals surface area contributed by atoms with Gasteiger partial charge in [0.05, 0.1) is 11.6 Å². The number of aryl methyl sites for hydroxylation is 3. The van der Waals surface area contributed by atoms with Gasteiger partial charge < -0.3 is 10.2 Å². The number of aromatic nitrogens is 4. The van der Waals surface area contributed by atoms with Crippen molar-refractivity contribution in [2.24, 2.45) is 13.0 Å². The van der Waals surface area contributed by atoms with E-state index in [0.29, 0.717) is 0 Å². The summed E-state index contributed by atoms with van der Waals surface area (Å²) >= 11 is 0. The highest BCUT2D eigenvalue weighted by atomic mass is 15.3. The molecule has 1 saturated heterocycles. The van der Waals surface area contributed by atoms with Crippen molar-refractivity contribution in [1.29, 1.82) is 0 Å². The van der Waals surface area contributed by atoms with Gasteiger partial charge in [-0.25, -0.2) is 0 Å². The summed E-state index contributed by atoms with van der Waals surface area (Å²) in [6.45, 7) is 8.58. The van der Waals surface area contributed by atoms with Gasteiger partial charge in [-0.15, -0.1) is 0 Å². The summed E-state index contributed by atoms with van der Waals surface area (Å²) in [4.78, 5) is 11.9. The molecule has 136 valence electrons. The van der Waals surface area contributed by atoms with Gasteiger partial charge in [0.15, 0.2) is 5.65 Å². The number of benzene rings is 1. The van der Waals surface area contributed by atoms with E-state index in [1.165, 1.54) is 24.0 Å². The normalized spacial score (nSPS) is 15.6. The summed E-state index contributed by atoms with van der Waals surface area (Å²) in [5.41, 5.74) is 4.44. The zero-order valence-corrected chi connectivity index (χ0v) is 16.0. The highest BCUT2D eigenvalue weighted by Crippen LogP contribution is 2.28. The fourth-order valence-corrected chi connectivity index (χ4v) is 3.41. The molecule has 0 atom stereocenters. The number of piperidine rings is 1. The molecule has 4 rings (SSSR count). The van der Waals surface area contributed by atoms with Crippen molar-refractivity contribution < 1.29 is 0 Å². The average Bonchev–Trinajstić information content (AvgIpc) is 3.00. The Labute approximate surface area is 154 Å². The maximum atomic E-state index is 4.86. The molecule has 0 amide bonds. The molecule has 0 saturated carbocycles. The molecule has 1 fully saturated rings. The molecule has 0 spiro atoms. The van der Waals surface area contributed by atoms with Crippen molar-refractivity contribution in [3.05, 3.63) is 35.5 Å². The Bertz CT molecular complexity index is 937. The Morgan fingerprint density at radius 2 is 1.85 bits per heavy atom. The summed E-state index contributed by atoms with van der Waals surface area (Å²) < 4.78 is 1.82. The summed E-state index contributed by atoms with van der Waals surface area (Å²) in [6, 6.07) is 6.38. The highest BCUT2D eigenvalue weighted by molar-refractivity contribution is 5.89. The third-order valence-corrected chi connectivity index (χ3v) is 5.42. The first-order chi connectivity index (χ1) is 12.5. The second kappa shape index (κ2) is 6.59. The molecule has 1 aliphatic heterocycles. The standard InChI is InChI=1S/C20H26N6/c1-13-7-9-26(10-8-13)20-23-18(17-12-21-25(4)19(17)24-20)22-16-6-5-14(2)15(3)11-16/h5-6,11-13H,7-10H2,1-4H3,(H,22,23,24). The fraction of sp³-hybridized carbons (Fsp3) is 0.450. The Morgan fingerprint density at radius 3 is 2.58 bits per heavy atom. The number of fused-ring (bicyclic) bond motifs is 1. The van der Waals surface area contributed by atoms with Gasteiger partial charge in [-0.1, -0.05) is 13.0 Å². The van der Waals surface area contributed by atoms with E-state index in [4.69, 9.17) is 9.97 Å². The topological polar surface area (TPSA) is 58.9 Å². The van der Waals surface area contributed by atoms with Crippen LogP contribution in [0.3, 0.4) is 0 Å². The maximum absolute atomic E-state index is 4.86.